The van der Waals surface area contributed by atoms with Crippen LogP contribution in [0.25, 0.3) is 11.1 Å². The fourth-order valence-corrected chi connectivity index (χ4v) is 2.13. The molecule has 126 valence electrons. The SMILES string of the molecule is CN(C)c1nc2cc(NC(=O)NCC(O)c3ccco3)ccc2o1. The van der Waals surface area contributed by atoms with Crippen LogP contribution in [0.2, 0.25) is 0 Å². The molecule has 2 amide bonds. The van der Waals surface area contributed by atoms with Crippen LogP contribution in [0.5, 0.6) is 0 Å². The molecule has 2 aromatic heterocycles. The first-order valence-electron chi connectivity index (χ1n) is 7.37. The molecule has 3 aromatic rings. The molecule has 2 heterocycles. The molecule has 0 saturated heterocycles. The lowest BCUT2D eigenvalue weighted by atomic mass is 10.2. The summed E-state index contributed by atoms with van der Waals surface area (Å²) in [7, 11) is 3.67. The van der Waals surface area contributed by atoms with Crippen LogP contribution in [0.4, 0.5) is 16.5 Å². The van der Waals surface area contributed by atoms with Gasteiger partial charge >= 0.3 is 6.03 Å². The fraction of sp³-hybridized carbons (Fsp3) is 0.250. The van der Waals surface area contributed by atoms with Gasteiger partial charge in [0.15, 0.2) is 5.58 Å². The first-order chi connectivity index (χ1) is 11.5. The van der Waals surface area contributed by atoms with E-state index in [1.807, 2.05) is 14.1 Å². The van der Waals surface area contributed by atoms with Crippen molar-refractivity contribution < 1.29 is 18.7 Å². The Labute approximate surface area is 138 Å². The summed E-state index contributed by atoms with van der Waals surface area (Å²) in [6.45, 7) is 0.0380. The van der Waals surface area contributed by atoms with Crippen molar-refractivity contribution >= 4 is 28.8 Å². The standard InChI is InChI=1S/C16H18N4O4/c1-20(2)16-19-11-8-10(5-6-13(11)24-16)18-15(22)17-9-12(21)14-4-3-7-23-14/h3-8,12,21H,9H2,1-2H3,(H2,17,18,22). The Morgan fingerprint density at radius 2 is 2.21 bits per heavy atom. The van der Waals surface area contributed by atoms with Crippen molar-refractivity contribution in [2.24, 2.45) is 0 Å². The third-order valence-electron chi connectivity index (χ3n) is 3.34. The van der Waals surface area contributed by atoms with Crippen molar-refractivity contribution in [3.63, 3.8) is 0 Å². The first-order valence-corrected chi connectivity index (χ1v) is 7.37. The van der Waals surface area contributed by atoms with Gasteiger partial charge in [0.1, 0.15) is 17.4 Å². The predicted molar refractivity (Wildman–Crippen MR) is 89.0 cm³/mol. The zero-order valence-electron chi connectivity index (χ0n) is 13.3. The number of anilines is 2. The van der Waals surface area contributed by atoms with Crippen LogP contribution in [0.3, 0.4) is 0 Å². The number of furan rings is 1. The van der Waals surface area contributed by atoms with Crippen molar-refractivity contribution in [2.45, 2.75) is 6.10 Å². The average molecular weight is 330 g/mol. The zero-order chi connectivity index (χ0) is 17.1. The van der Waals surface area contributed by atoms with Gasteiger partial charge in [-0.1, -0.05) is 0 Å². The van der Waals surface area contributed by atoms with Crippen molar-refractivity contribution in [3.05, 3.63) is 42.4 Å². The second-order valence-corrected chi connectivity index (χ2v) is 5.44. The predicted octanol–water partition coefficient (Wildman–Crippen LogP) is 2.34. The van der Waals surface area contributed by atoms with Gasteiger partial charge in [-0.25, -0.2) is 4.79 Å². The maximum atomic E-state index is 11.9. The maximum Gasteiger partial charge on any atom is 0.319 e. The fourth-order valence-electron chi connectivity index (χ4n) is 2.13. The monoisotopic (exact) mass is 330 g/mol. The number of rotatable bonds is 5. The molecule has 8 nitrogen and oxygen atoms in total. The molecule has 0 spiro atoms. The number of oxazole rings is 1. The number of hydrogen-bond acceptors (Lipinski definition) is 6. The quantitative estimate of drug-likeness (QED) is 0.663. The molecular weight excluding hydrogens is 312 g/mol. The summed E-state index contributed by atoms with van der Waals surface area (Å²) in [5, 5.41) is 15.1. The summed E-state index contributed by atoms with van der Waals surface area (Å²) in [6.07, 6.45) is 0.569. The van der Waals surface area contributed by atoms with E-state index in [4.69, 9.17) is 8.83 Å². The lowest BCUT2D eigenvalue weighted by Crippen LogP contribution is -2.32. The number of benzene rings is 1. The molecule has 0 fully saturated rings. The third-order valence-corrected chi connectivity index (χ3v) is 3.34. The average Bonchev–Trinajstić information content (AvgIpc) is 3.21. The van der Waals surface area contributed by atoms with E-state index in [2.05, 4.69) is 15.6 Å². The van der Waals surface area contributed by atoms with Crippen LogP contribution < -0.4 is 15.5 Å². The Bertz CT molecular complexity index is 826. The summed E-state index contributed by atoms with van der Waals surface area (Å²) < 4.78 is 10.6. The summed E-state index contributed by atoms with van der Waals surface area (Å²) in [4.78, 5) is 18.0. The smallest absolute Gasteiger partial charge is 0.319 e. The highest BCUT2D eigenvalue weighted by Crippen LogP contribution is 2.23. The molecule has 3 N–H and O–H groups in total. The van der Waals surface area contributed by atoms with E-state index < -0.39 is 12.1 Å². The topological polar surface area (TPSA) is 104 Å². The number of nitrogens with zero attached hydrogens (tertiary/aromatic N) is 2. The van der Waals surface area contributed by atoms with E-state index in [1.165, 1.54) is 6.26 Å². The molecule has 0 aliphatic rings. The van der Waals surface area contributed by atoms with Gasteiger partial charge in [0.05, 0.1) is 12.8 Å². The number of aliphatic hydroxyl groups excluding tert-OH is 1. The third kappa shape index (κ3) is 3.49. The molecule has 0 aliphatic heterocycles. The molecule has 3 rings (SSSR count). The van der Waals surface area contributed by atoms with Gasteiger partial charge in [0.2, 0.25) is 0 Å². The molecule has 24 heavy (non-hydrogen) atoms. The summed E-state index contributed by atoms with van der Waals surface area (Å²) in [5.74, 6) is 0.399. The van der Waals surface area contributed by atoms with Crippen molar-refractivity contribution in [2.75, 3.05) is 30.9 Å². The second kappa shape index (κ2) is 6.63. The number of carbonyl (C=O) groups excluding carboxylic acids is 1. The van der Waals surface area contributed by atoms with E-state index in [9.17, 15) is 9.90 Å². The van der Waals surface area contributed by atoms with Gasteiger partial charge in [-0.15, -0.1) is 0 Å². The van der Waals surface area contributed by atoms with Crippen LogP contribution in [0, 0.1) is 0 Å². The summed E-state index contributed by atoms with van der Waals surface area (Å²) >= 11 is 0. The van der Waals surface area contributed by atoms with Gasteiger partial charge in [-0.3, -0.25) is 0 Å². The molecular formula is C16H18N4O4. The highest BCUT2D eigenvalue weighted by atomic mass is 16.4. The second-order valence-electron chi connectivity index (χ2n) is 5.44. The largest absolute Gasteiger partial charge is 0.467 e. The molecule has 0 radical (unpaired) electrons. The Morgan fingerprint density at radius 1 is 1.38 bits per heavy atom. The van der Waals surface area contributed by atoms with Crippen LogP contribution in [0.15, 0.2) is 45.4 Å². The van der Waals surface area contributed by atoms with Crippen LogP contribution in [-0.4, -0.2) is 36.8 Å². The Morgan fingerprint density at radius 3 is 2.92 bits per heavy atom. The molecule has 1 atom stereocenters. The Hall–Kier alpha value is -3.00. The van der Waals surface area contributed by atoms with Gasteiger partial charge < -0.3 is 29.5 Å². The van der Waals surface area contributed by atoms with Gasteiger partial charge in [-0.05, 0) is 30.3 Å². The molecule has 1 aromatic carbocycles. The molecule has 0 bridgehead atoms. The number of nitrogens with one attached hydrogen (secondary N) is 2. The number of aromatic nitrogens is 1. The molecule has 0 aliphatic carbocycles. The van der Waals surface area contributed by atoms with Crippen LogP contribution in [0.1, 0.15) is 11.9 Å². The highest BCUT2D eigenvalue weighted by Gasteiger charge is 2.13. The Kier molecular flexibility index (Phi) is 4.39. The van der Waals surface area contributed by atoms with E-state index in [-0.39, 0.29) is 6.54 Å². The van der Waals surface area contributed by atoms with Crippen LogP contribution in [-0.2, 0) is 0 Å². The first kappa shape index (κ1) is 15.9. The van der Waals surface area contributed by atoms with E-state index in [0.717, 1.165) is 0 Å². The number of urea groups is 1. The van der Waals surface area contributed by atoms with E-state index >= 15 is 0 Å². The minimum absolute atomic E-state index is 0.0380. The number of carbonyl (C=O) groups is 1. The molecule has 0 saturated carbocycles. The number of hydrogen-bond donors (Lipinski definition) is 3. The van der Waals surface area contributed by atoms with E-state index in [1.54, 1.807) is 35.2 Å². The Balaban J connectivity index is 1.60. The molecule has 1 unspecified atom stereocenters. The van der Waals surface area contributed by atoms with Crippen molar-refractivity contribution in [3.8, 4) is 0 Å². The lowest BCUT2D eigenvalue weighted by molar-refractivity contribution is 0.149. The lowest BCUT2D eigenvalue weighted by Gasteiger charge is -2.10. The van der Waals surface area contributed by atoms with Gasteiger partial charge in [0.25, 0.3) is 6.01 Å². The summed E-state index contributed by atoms with van der Waals surface area (Å²) in [6, 6.07) is 8.55. The molecule has 8 heteroatoms. The highest BCUT2D eigenvalue weighted by molar-refractivity contribution is 5.91. The maximum absolute atomic E-state index is 11.9. The number of amides is 2. The normalized spacial score (nSPS) is 12.1. The minimum Gasteiger partial charge on any atom is -0.467 e. The number of fused-ring (bicyclic) bond motifs is 1. The van der Waals surface area contributed by atoms with Crippen molar-refractivity contribution in [1.29, 1.82) is 0 Å². The van der Waals surface area contributed by atoms with E-state index in [0.29, 0.717) is 28.6 Å². The van der Waals surface area contributed by atoms with Crippen molar-refractivity contribution in [1.82, 2.24) is 10.3 Å². The van der Waals surface area contributed by atoms with Gasteiger partial charge in [0, 0.05) is 19.8 Å². The number of aliphatic hydroxyl groups is 1. The van der Waals surface area contributed by atoms with Gasteiger partial charge in [-0.2, -0.15) is 4.98 Å². The minimum atomic E-state index is -0.897. The van der Waals surface area contributed by atoms with Crippen LogP contribution >= 0.6 is 0 Å². The summed E-state index contributed by atoms with van der Waals surface area (Å²) in [5.41, 5.74) is 1.86. The zero-order valence-corrected chi connectivity index (χ0v) is 13.3.